The molecule has 0 aliphatic rings. The number of methoxy groups -OCH3 is 2. The van der Waals surface area contributed by atoms with E-state index in [1.807, 2.05) is 6.92 Å². The van der Waals surface area contributed by atoms with Gasteiger partial charge in [0, 0.05) is 18.7 Å². The van der Waals surface area contributed by atoms with Gasteiger partial charge in [0.2, 0.25) is 0 Å². The van der Waals surface area contributed by atoms with Gasteiger partial charge >= 0.3 is 0 Å². The molecule has 4 N–H and O–H groups in total. The number of amides is 2. The molecule has 140 valence electrons. The highest BCUT2D eigenvalue weighted by atomic mass is 16.5. The third kappa shape index (κ3) is 4.76. The lowest BCUT2D eigenvalue weighted by Crippen LogP contribution is -2.29. The zero-order valence-electron chi connectivity index (χ0n) is 15.0. The van der Waals surface area contributed by atoms with Gasteiger partial charge in [-0.3, -0.25) is 9.59 Å². The second kappa shape index (κ2) is 8.91. The van der Waals surface area contributed by atoms with Gasteiger partial charge in [0.25, 0.3) is 11.8 Å². The fourth-order valence-electron chi connectivity index (χ4n) is 2.27. The standard InChI is InChI=1S/C18H23N3O5/c1-11(19)6-7-20-17(22)12-9-15(24-2)16(25-3)10-13(12)21-18(23)14-5-4-8-26-14/h4-5,8-11H,6-7,19H2,1-3H3,(H,20,22)(H,21,23). The lowest BCUT2D eigenvalue weighted by atomic mass is 10.1. The molecule has 0 bridgehead atoms. The minimum atomic E-state index is -0.480. The summed E-state index contributed by atoms with van der Waals surface area (Å²) in [6.45, 7) is 2.27. The predicted molar refractivity (Wildman–Crippen MR) is 96.8 cm³/mol. The first kappa shape index (κ1) is 19.3. The molecule has 1 unspecified atom stereocenters. The number of nitrogens with two attached hydrogens (primary N) is 1. The molecule has 0 aliphatic heterocycles. The first-order valence-corrected chi connectivity index (χ1v) is 8.11. The Morgan fingerprint density at radius 3 is 2.46 bits per heavy atom. The van der Waals surface area contributed by atoms with Crippen molar-refractivity contribution >= 4 is 17.5 Å². The Balaban J connectivity index is 2.30. The Kier molecular flexibility index (Phi) is 6.62. The molecule has 1 aromatic heterocycles. The van der Waals surface area contributed by atoms with Crippen molar-refractivity contribution in [1.29, 1.82) is 0 Å². The molecule has 0 aliphatic carbocycles. The molecule has 1 aromatic carbocycles. The first-order chi connectivity index (χ1) is 12.5. The molecule has 0 saturated heterocycles. The van der Waals surface area contributed by atoms with Crippen LogP contribution in [-0.2, 0) is 0 Å². The Bertz CT molecular complexity index is 756. The minimum absolute atomic E-state index is 0.0289. The van der Waals surface area contributed by atoms with Crippen LogP contribution in [0.2, 0.25) is 0 Å². The number of anilines is 1. The van der Waals surface area contributed by atoms with Gasteiger partial charge in [-0.05, 0) is 31.5 Å². The number of rotatable bonds is 8. The molecule has 8 heteroatoms. The first-order valence-electron chi connectivity index (χ1n) is 8.11. The summed E-state index contributed by atoms with van der Waals surface area (Å²) < 4.78 is 15.6. The Hall–Kier alpha value is -3.00. The van der Waals surface area contributed by atoms with Crippen molar-refractivity contribution in [2.75, 3.05) is 26.1 Å². The van der Waals surface area contributed by atoms with E-state index in [0.29, 0.717) is 24.5 Å². The summed E-state index contributed by atoms with van der Waals surface area (Å²) in [7, 11) is 2.94. The fourth-order valence-corrected chi connectivity index (χ4v) is 2.27. The largest absolute Gasteiger partial charge is 0.493 e. The van der Waals surface area contributed by atoms with Crippen molar-refractivity contribution in [1.82, 2.24) is 5.32 Å². The highest BCUT2D eigenvalue weighted by Crippen LogP contribution is 2.33. The summed E-state index contributed by atoms with van der Waals surface area (Å²) in [4.78, 5) is 24.8. The zero-order valence-corrected chi connectivity index (χ0v) is 15.0. The lowest BCUT2D eigenvalue weighted by molar-refractivity contribution is 0.0953. The molecule has 26 heavy (non-hydrogen) atoms. The Morgan fingerprint density at radius 1 is 1.19 bits per heavy atom. The summed E-state index contributed by atoms with van der Waals surface area (Å²) >= 11 is 0. The number of carbonyl (C=O) groups is 2. The smallest absolute Gasteiger partial charge is 0.291 e. The molecule has 8 nitrogen and oxygen atoms in total. The van der Waals surface area contributed by atoms with Crippen molar-refractivity contribution in [3.05, 3.63) is 41.9 Å². The summed E-state index contributed by atoms with van der Waals surface area (Å²) in [6.07, 6.45) is 2.03. The molecular formula is C18H23N3O5. The van der Waals surface area contributed by atoms with Crippen LogP contribution in [0.3, 0.4) is 0 Å². The van der Waals surface area contributed by atoms with Crippen LogP contribution in [0, 0.1) is 0 Å². The van der Waals surface area contributed by atoms with Crippen molar-refractivity contribution < 1.29 is 23.5 Å². The lowest BCUT2D eigenvalue weighted by Gasteiger charge is -2.15. The predicted octanol–water partition coefficient (Wildman–Crippen LogP) is 2.02. The number of nitrogens with one attached hydrogen (secondary N) is 2. The van der Waals surface area contributed by atoms with Gasteiger partial charge in [-0.2, -0.15) is 0 Å². The van der Waals surface area contributed by atoms with Gasteiger partial charge in [-0.15, -0.1) is 0 Å². The van der Waals surface area contributed by atoms with E-state index >= 15 is 0 Å². The molecule has 2 aromatic rings. The zero-order chi connectivity index (χ0) is 19.1. The van der Waals surface area contributed by atoms with Gasteiger partial charge in [0.15, 0.2) is 17.3 Å². The second-order valence-corrected chi connectivity index (χ2v) is 5.71. The van der Waals surface area contributed by atoms with E-state index in [1.54, 1.807) is 6.07 Å². The van der Waals surface area contributed by atoms with Gasteiger partial charge in [0.1, 0.15) is 0 Å². The Labute approximate surface area is 151 Å². The van der Waals surface area contributed by atoms with Gasteiger partial charge in [-0.1, -0.05) is 0 Å². The van der Waals surface area contributed by atoms with Crippen LogP contribution in [0.1, 0.15) is 34.3 Å². The molecule has 2 rings (SSSR count). The average Bonchev–Trinajstić information content (AvgIpc) is 3.15. The minimum Gasteiger partial charge on any atom is -0.493 e. The molecule has 0 saturated carbocycles. The van der Waals surface area contributed by atoms with Crippen LogP contribution >= 0.6 is 0 Å². The average molecular weight is 361 g/mol. The quantitative estimate of drug-likeness (QED) is 0.662. The maximum absolute atomic E-state index is 12.6. The normalized spacial score (nSPS) is 11.5. The molecular weight excluding hydrogens is 338 g/mol. The topological polar surface area (TPSA) is 116 Å². The molecule has 0 radical (unpaired) electrons. The summed E-state index contributed by atoms with van der Waals surface area (Å²) in [5.41, 5.74) is 6.22. The maximum atomic E-state index is 12.6. The Morgan fingerprint density at radius 2 is 1.88 bits per heavy atom. The highest BCUT2D eigenvalue weighted by Gasteiger charge is 2.20. The van der Waals surface area contributed by atoms with Crippen LogP contribution in [-0.4, -0.2) is 38.6 Å². The van der Waals surface area contributed by atoms with Crippen molar-refractivity contribution in [3.8, 4) is 11.5 Å². The number of furan rings is 1. The molecule has 1 heterocycles. The van der Waals surface area contributed by atoms with E-state index in [1.165, 1.54) is 38.7 Å². The van der Waals surface area contributed by atoms with Crippen LogP contribution < -0.4 is 25.8 Å². The van der Waals surface area contributed by atoms with Gasteiger partial charge < -0.3 is 30.3 Å². The van der Waals surface area contributed by atoms with Gasteiger partial charge in [0.05, 0.1) is 31.7 Å². The van der Waals surface area contributed by atoms with Crippen molar-refractivity contribution in [2.45, 2.75) is 19.4 Å². The van der Waals surface area contributed by atoms with Crippen LogP contribution in [0.5, 0.6) is 11.5 Å². The van der Waals surface area contributed by atoms with Crippen molar-refractivity contribution in [3.63, 3.8) is 0 Å². The third-order valence-corrected chi connectivity index (χ3v) is 3.65. The number of carbonyl (C=O) groups excluding carboxylic acids is 2. The maximum Gasteiger partial charge on any atom is 0.291 e. The van der Waals surface area contributed by atoms with Crippen LogP contribution in [0.15, 0.2) is 34.9 Å². The van der Waals surface area contributed by atoms with Crippen LogP contribution in [0.4, 0.5) is 5.69 Å². The molecule has 0 spiro atoms. The fraction of sp³-hybridized carbons (Fsp3) is 0.333. The molecule has 0 fully saturated rings. The van der Waals surface area contributed by atoms with Gasteiger partial charge in [-0.25, -0.2) is 0 Å². The summed E-state index contributed by atoms with van der Waals surface area (Å²) in [5.74, 6) is 0.0477. The number of hydrogen-bond acceptors (Lipinski definition) is 6. The highest BCUT2D eigenvalue weighted by molar-refractivity contribution is 6.08. The van der Waals surface area contributed by atoms with E-state index in [0.717, 1.165) is 0 Å². The summed E-state index contributed by atoms with van der Waals surface area (Å²) in [5, 5.41) is 5.44. The molecule has 2 amide bonds. The van der Waals surface area contributed by atoms with E-state index in [4.69, 9.17) is 19.6 Å². The van der Waals surface area contributed by atoms with Crippen molar-refractivity contribution in [2.24, 2.45) is 5.73 Å². The van der Waals surface area contributed by atoms with E-state index in [2.05, 4.69) is 10.6 Å². The number of benzene rings is 1. The van der Waals surface area contributed by atoms with E-state index in [-0.39, 0.29) is 29.0 Å². The third-order valence-electron chi connectivity index (χ3n) is 3.65. The number of hydrogen-bond donors (Lipinski definition) is 3. The second-order valence-electron chi connectivity index (χ2n) is 5.71. The van der Waals surface area contributed by atoms with E-state index < -0.39 is 5.91 Å². The summed E-state index contributed by atoms with van der Waals surface area (Å²) in [6, 6.07) is 6.14. The van der Waals surface area contributed by atoms with Crippen LogP contribution in [0.25, 0.3) is 0 Å². The SMILES string of the molecule is COc1cc(NC(=O)c2ccco2)c(C(=O)NCCC(C)N)cc1OC. The molecule has 1 atom stereocenters. The van der Waals surface area contributed by atoms with E-state index in [9.17, 15) is 9.59 Å². The number of ether oxygens (including phenoxy) is 2. The monoisotopic (exact) mass is 361 g/mol.